The molecule has 0 fully saturated rings. The molecule has 0 heterocycles. The highest BCUT2D eigenvalue weighted by atomic mass is 79.9. The van der Waals surface area contributed by atoms with Crippen molar-refractivity contribution in [3.8, 4) is 0 Å². The van der Waals surface area contributed by atoms with Gasteiger partial charge in [0.2, 0.25) is 10.0 Å². The molecule has 0 saturated carbocycles. The highest BCUT2D eigenvalue weighted by molar-refractivity contribution is 9.10. The van der Waals surface area contributed by atoms with Gasteiger partial charge in [0.15, 0.2) is 0 Å². The summed E-state index contributed by atoms with van der Waals surface area (Å²) in [5.41, 5.74) is 3.24. The van der Waals surface area contributed by atoms with E-state index in [9.17, 15) is 8.42 Å². The van der Waals surface area contributed by atoms with Gasteiger partial charge in [-0.25, -0.2) is 13.1 Å². The van der Waals surface area contributed by atoms with Crippen LogP contribution in [0.3, 0.4) is 0 Å². The highest BCUT2D eigenvalue weighted by Gasteiger charge is 2.19. The highest BCUT2D eigenvalue weighted by Crippen LogP contribution is 2.22. The van der Waals surface area contributed by atoms with Gasteiger partial charge in [-0.3, -0.25) is 0 Å². The number of rotatable bonds is 4. The minimum atomic E-state index is -3.52. The number of halogens is 1. The van der Waals surface area contributed by atoms with E-state index in [2.05, 4.69) is 26.7 Å². The van der Waals surface area contributed by atoms with E-state index in [1.807, 2.05) is 32.9 Å². The maximum atomic E-state index is 12.4. The molecule has 0 bridgehead atoms. The third-order valence-electron chi connectivity index (χ3n) is 3.35. The maximum Gasteiger partial charge on any atom is 0.241 e. The molecule has 5 heteroatoms. The predicted molar refractivity (Wildman–Crippen MR) is 88.8 cm³/mol. The SMILES string of the molecule is Cc1ccc(C(C)NS(=O)(=O)c2ccc(Br)cc2)c(C)c1. The molecule has 0 aliphatic heterocycles. The van der Waals surface area contributed by atoms with Gasteiger partial charge in [0.25, 0.3) is 0 Å². The van der Waals surface area contributed by atoms with Crippen LogP contribution in [0.15, 0.2) is 51.8 Å². The van der Waals surface area contributed by atoms with Gasteiger partial charge < -0.3 is 0 Å². The van der Waals surface area contributed by atoms with Gasteiger partial charge in [-0.05, 0) is 56.2 Å². The van der Waals surface area contributed by atoms with Gasteiger partial charge in [0.1, 0.15) is 0 Å². The molecule has 1 unspecified atom stereocenters. The molecule has 21 heavy (non-hydrogen) atoms. The second-order valence-corrected chi connectivity index (χ2v) is 7.79. The molecule has 0 saturated heterocycles. The van der Waals surface area contributed by atoms with E-state index in [0.717, 1.165) is 15.6 Å². The Balaban J connectivity index is 2.25. The van der Waals surface area contributed by atoms with Crippen LogP contribution in [-0.2, 0) is 10.0 Å². The molecule has 2 aromatic rings. The van der Waals surface area contributed by atoms with Crippen molar-refractivity contribution in [1.29, 1.82) is 0 Å². The van der Waals surface area contributed by atoms with E-state index in [1.54, 1.807) is 24.3 Å². The molecular weight excluding hydrogens is 350 g/mol. The van der Waals surface area contributed by atoms with E-state index < -0.39 is 10.0 Å². The zero-order chi connectivity index (χ0) is 15.6. The first-order valence-corrected chi connectivity index (χ1v) is 8.92. The molecule has 0 aliphatic rings. The average molecular weight is 368 g/mol. The van der Waals surface area contributed by atoms with Gasteiger partial charge in [0.05, 0.1) is 4.90 Å². The summed E-state index contributed by atoms with van der Waals surface area (Å²) in [5.74, 6) is 0. The molecule has 2 aromatic carbocycles. The first-order chi connectivity index (χ1) is 9.79. The molecule has 0 amide bonds. The van der Waals surface area contributed by atoms with E-state index in [-0.39, 0.29) is 10.9 Å². The van der Waals surface area contributed by atoms with Crippen molar-refractivity contribution in [3.63, 3.8) is 0 Å². The Morgan fingerprint density at radius 1 is 1.05 bits per heavy atom. The second kappa shape index (κ2) is 6.30. The van der Waals surface area contributed by atoms with Crippen LogP contribution in [0.25, 0.3) is 0 Å². The van der Waals surface area contributed by atoms with Crippen molar-refractivity contribution in [2.45, 2.75) is 31.7 Å². The van der Waals surface area contributed by atoms with Crippen molar-refractivity contribution >= 4 is 26.0 Å². The van der Waals surface area contributed by atoms with Gasteiger partial charge in [-0.1, -0.05) is 39.7 Å². The Bertz CT molecular complexity index is 739. The van der Waals surface area contributed by atoms with Crippen molar-refractivity contribution in [1.82, 2.24) is 4.72 Å². The third-order valence-corrected chi connectivity index (χ3v) is 5.43. The Morgan fingerprint density at radius 2 is 1.67 bits per heavy atom. The fourth-order valence-corrected chi connectivity index (χ4v) is 3.78. The minimum Gasteiger partial charge on any atom is -0.207 e. The summed E-state index contributed by atoms with van der Waals surface area (Å²) in [7, 11) is -3.52. The van der Waals surface area contributed by atoms with E-state index in [1.165, 1.54) is 5.56 Å². The standard InChI is InChI=1S/C16H18BrNO2S/c1-11-4-9-16(12(2)10-11)13(3)18-21(19,20)15-7-5-14(17)6-8-15/h4-10,13,18H,1-3H3. The molecule has 1 N–H and O–H groups in total. The van der Waals surface area contributed by atoms with Crippen molar-refractivity contribution < 1.29 is 8.42 Å². The average Bonchev–Trinajstić information content (AvgIpc) is 2.38. The molecular formula is C16H18BrNO2S. The fourth-order valence-electron chi connectivity index (χ4n) is 2.29. The number of benzene rings is 2. The molecule has 3 nitrogen and oxygen atoms in total. The number of hydrogen-bond donors (Lipinski definition) is 1. The molecule has 0 aromatic heterocycles. The summed E-state index contributed by atoms with van der Waals surface area (Å²) in [6, 6.07) is 12.3. The van der Waals surface area contributed by atoms with Gasteiger partial charge in [0, 0.05) is 10.5 Å². The van der Waals surface area contributed by atoms with Crippen LogP contribution in [-0.4, -0.2) is 8.42 Å². The first-order valence-electron chi connectivity index (χ1n) is 6.64. The third kappa shape index (κ3) is 3.93. The lowest BCUT2D eigenvalue weighted by Gasteiger charge is -2.17. The van der Waals surface area contributed by atoms with Crippen molar-refractivity contribution in [2.75, 3.05) is 0 Å². The Labute approximate surface area is 134 Å². The molecule has 2 rings (SSSR count). The number of hydrogen-bond acceptors (Lipinski definition) is 2. The number of nitrogens with one attached hydrogen (secondary N) is 1. The van der Waals surface area contributed by atoms with Crippen molar-refractivity contribution in [2.24, 2.45) is 0 Å². The normalized spacial score (nSPS) is 13.1. The maximum absolute atomic E-state index is 12.4. The Kier molecular flexibility index (Phi) is 4.86. The fraction of sp³-hybridized carbons (Fsp3) is 0.250. The molecule has 0 aliphatic carbocycles. The topological polar surface area (TPSA) is 46.2 Å². The summed E-state index contributed by atoms with van der Waals surface area (Å²) < 4.78 is 28.3. The first kappa shape index (κ1) is 16.2. The molecule has 0 spiro atoms. The lowest BCUT2D eigenvalue weighted by atomic mass is 10.0. The van der Waals surface area contributed by atoms with Crippen LogP contribution in [0, 0.1) is 13.8 Å². The Morgan fingerprint density at radius 3 is 2.24 bits per heavy atom. The summed E-state index contributed by atoms with van der Waals surface area (Å²) in [4.78, 5) is 0.266. The number of sulfonamides is 1. The summed E-state index contributed by atoms with van der Waals surface area (Å²) >= 11 is 3.30. The molecule has 1 atom stereocenters. The Hall–Kier alpha value is -1.17. The molecule has 0 radical (unpaired) electrons. The largest absolute Gasteiger partial charge is 0.241 e. The van der Waals surface area contributed by atoms with E-state index in [4.69, 9.17) is 0 Å². The van der Waals surface area contributed by atoms with Crippen LogP contribution in [0.1, 0.15) is 29.7 Å². The lowest BCUT2D eigenvalue weighted by Crippen LogP contribution is -2.27. The molecule has 112 valence electrons. The van der Waals surface area contributed by atoms with Crippen LogP contribution >= 0.6 is 15.9 Å². The summed E-state index contributed by atoms with van der Waals surface area (Å²) in [6.07, 6.45) is 0. The van der Waals surface area contributed by atoms with Crippen LogP contribution < -0.4 is 4.72 Å². The summed E-state index contributed by atoms with van der Waals surface area (Å²) in [6.45, 7) is 5.87. The van der Waals surface area contributed by atoms with Crippen LogP contribution in [0.4, 0.5) is 0 Å². The zero-order valence-corrected chi connectivity index (χ0v) is 14.6. The monoisotopic (exact) mass is 367 g/mol. The van der Waals surface area contributed by atoms with Crippen molar-refractivity contribution in [3.05, 3.63) is 63.6 Å². The number of aryl methyl sites for hydroxylation is 2. The van der Waals surface area contributed by atoms with Crippen LogP contribution in [0.2, 0.25) is 0 Å². The smallest absolute Gasteiger partial charge is 0.207 e. The quantitative estimate of drug-likeness (QED) is 0.883. The van der Waals surface area contributed by atoms with Crippen LogP contribution in [0.5, 0.6) is 0 Å². The minimum absolute atomic E-state index is 0.266. The zero-order valence-electron chi connectivity index (χ0n) is 12.2. The van der Waals surface area contributed by atoms with E-state index >= 15 is 0 Å². The second-order valence-electron chi connectivity index (χ2n) is 5.16. The predicted octanol–water partition coefficient (Wildman–Crippen LogP) is 4.11. The lowest BCUT2D eigenvalue weighted by molar-refractivity contribution is 0.566. The van der Waals surface area contributed by atoms with Gasteiger partial charge >= 0.3 is 0 Å². The van der Waals surface area contributed by atoms with E-state index in [0.29, 0.717) is 0 Å². The van der Waals surface area contributed by atoms with Gasteiger partial charge in [-0.2, -0.15) is 0 Å². The summed E-state index contributed by atoms with van der Waals surface area (Å²) in [5, 5.41) is 0. The van der Waals surface area contributed by atoms with Gasteiger partial charge in [-0.15, -0.1) is 0 Å².